The minimum Gasteiger partial charge on any atom is -0.454 e. The molecule has 2 aromatic rings. The first kappa shape index (κ1) is 17.0. The number of ether oxygens (including phenoxy) is 2. The van der Waals surface area contributed by atoms with Crippen LogP contribution in [0.1, 0.15) is 11.1 Å². The molecule has 0 unspecified atom stereocenters. The van der Waals surface area contributed by atoms with Crippen molar-refractivity contribution in [3.63, 3.8) is 0 Å². The monoisotopic (exact) mass is 341 g/mol. The molecule has 2 N–H and O–H groups in total. The molecule has 132 valence electrons. The number of urea groups is 1. The Morgan fingerprint density at radius 3 is 2.48 bits per heavy atom. The molecule has 0 fully saturated rings. The lowest BCUT2D eigenvalue weighted by Crippen LogP contribution is -2.36. The van der Waals surface area contributed by atoms with E-state index in [0.29, 0.717) is 13.1 Å². The molecule has 6 nitrogen and oxygen atoms in total. The molecule has 2 aromatic carbocycles. The quantitative estimate of drug-likeness (QED) is 0.847. The minimum atomic E-state index is -0.178. The molecule has 6 heteroatoms. The standard InChI is InChI=1S/C19H23N3O3/c1-22(2)16-6-3-14(4-7-16)9-10-20-19(23)21-12-15-5-8-17-18(11-15)25-13-24-17/h3-8,11H,9-10,12-13H2,1-2H3,(H2,20,21,23). The molecular formula is C19H23N3O3. The van der Waals surface area contributed by atoms with E-state index in [-0.39, 0.29) is 12.8 Å². The van der Waals surface area contributed by atoms with Gasteiger partial charge in [-0.15, -0.1) is 0 Å². The van der Waals surface area contributed by atoms with Crippen molar-refractivity contribution in [2.75, 3.05) is 32.3 Å². The lowest BCUT2D eigenvalue weighted by atomic mass is 10.1. The van der Waals surface area contributed by atoms with E-state index in [1.807, 2.05) is 32.3 Å². The molecule has 0 bridgehead atoms. The predicted molar refractivity (Wildman–Crippen MR) is 97.3 cm³/mol. The van der Waals surface area contributed by atoms with Gasteiger partial charge in [0, 0.05) is 32.9 Å². The number of rotatable bonds is 6. The summed E-state index contributed by atoms with van der Waals surface area (Å²) in [6.07, 6.45) is 0.797. The van der Waals surface area contributed by atoms with Crippen LogP contribution >= 0.6 is 0 Å². The lowest BCUT2D eigenvalue weighted by Gasteiger charge is -2.13. The van der Waals surface area contributed by atoms with Crippen molar-refractivity contribution in [3.05, 3.63) is 53.6 Å². The highest BCUT2D eigenvalue weighted by Gasteiger charge is 2.13. The molecule has 1 aliphatic rings. The second-order valence-corrected chi connectivity index (χ2v) is 6.11. The third kappa shape index (κ3) is 4.56. The van der Waals surface area contributed by atoms with Crippen molar-refractivity contribution in [1.29, 1.82) is 0 Å². The Labute approximate surface area is 147 Å². The molecule has 1 aliphatic heterocycles. The van der Waals surface area contributed by atoms with Gasteiger partial charge in [-0.3, -0.25) is 0 Å². The number of nitrogens with one attached hydrogen (secondary N) is 2. The van der Waals surface area contributed by atoms with Crippen LogP contribution in [0.3, 0.4) is 0 Å². The van der Waals surface area contributed by atoms with E-state index in [2.05, 4.69) is 39.8 Å². The van der Waals surface area contributed by atoms with Crippen LogP contribution in [0, 0.1) is 0 Å². The summed E-state index contributed by atoms with van der Waals surface area (Å²) >= 11 is 0. The number of carbonyl (C=O) groups excluding carboxylic acids is 1. The molecule has 0 atom stereocenters. The van der Waals surface area contributed by atoms with E-state index in [1.54, 1.807) is 0 Å². The summed E-state index contributed by atoms with van der Waals surface area (Å²) in [5.74, 6) is 1.47. The zero-order valence-corrected chi connectivity index (χ0v) is 14.5. The van der Waals surface area contributed by atoms with Gasteiger partial charge in [0.15, 0.2) is 11.5 Å². The SMILES string of the molecule is CN(C)c1ccc(CCNC(=O)NCc2ccc3c(c2)OCO3)cc1. The van der Waals surface area contributed by atoms with Crippen molar-refractivity contribution in [1.82, 2.24) is 10.6 Å². The van der Waals surface area contributed by atoms with E-state index >= 15 is 0 Å². The molecule has 3 rings (SSSR count). The zero-order valence-electron chi connectivity index (χ0n) is 14.5. The Bertz CT molecular complexity index is 729. The summed E-state index contributed by atoms with van der Waals surface area (Å²) in [6.45, 7) is 1.29. The van der Waals surface area contributed by atoms with Gasteiger partial charge in [0.05, 0.1) is 0 Å². The number of amides is 2. The molecule has 1 heterocycles. The third-order valence-corrected chi connectivity index (χ3v) is 4.04. The normalized spacial score (nSPS) is 11.9. The predicted octanol–water partition coefficient (Wildman–Crippen LogP) is 2.52. The van der Waals surface area contributed by atoms with Gasteiger partial charge in [-0.05, 0) is 41.8 Å². The van der Waals surface area contributed by atoms with Crippen LogP contribution in [-0.4, -0.2) is 33.5 Å². The van der Waals surface area contributed by atoms with Crippen molar-refractivity contribution >= 4 is 11.7 Å². The molecular weight excluding hydrogens is 318 g/mol. The highest BCUT2D eigenvalue weighted by atomic mass is 16.7. The number of carbonyl (C=O) groups is 1. The number of hydrogen-bond donors (Lipinski definition) is 2. The van der Waals surface area contributed by atoms with Crippen molar-refractivity contribution in [2.24, 2.45) is 0 Å². The first-order valence-electron chi connectivity index (χ1n) is 8.28. The highest BCUT2D eigenvalue weighted by molar-refractivity contribution is 5.73. The topological polar surface area (TPSA) is 62.8 Å². The maximum atomic E-state index is 11.9. The Morgan fingerprint density at radius 2 is 1.72 bits per heavy atom. The van der Waals surface area contributed by atoms with Gasteiger partial charge in [-0.2, -0.15) is 0 Å². The van der Waals surface area contributed by atoms with Crippen LogP contribution in [-0.2, 0) is 13.0 Å². The Kier molecular flexibility index (Phi) is 5.28. The Balaban J connectivity index is 1.39. The fraction of sp³-hybridized carbons (Fsp3) is 0.316. The average Bonchev–Trinajstić information content (AvgIpc) is 3.08. The second-order valence-electron chi connectivity index (χ2n) is 6.11. The van der Waals surface area contributed by atoms with E-state index in [9.17, 15) is 4.79 Å². The number of hydrogen-bond acceptors (Lipinski definition) is 4. The summed E-state index contributed by atoms with van der Waals surface area (Å²) in [5, 5.41) is 5.72. The first-order valence-corrected chi connectivity index (χ1v) is 8.28. The van der Waals surface area contributed by atoms with Crippen LogP contribution in [0.4, 0.5) is 10.5 Å². The zero-order chi connectivity index (χ0) is 17.6. The first-order chi connectivity index (χ1) is 12.1. The molecule has 0 radical (unpaired) electrons. The summed E-state index contributed by atoms with van der Waals surface area (Å²) in [5.41, 5.74) is 3.33. The fourth-order valence-corrected chi connectivity index (χ4v) is 2.58. The van der Waals surface area contributed by atoms with Crippen molar-refractivity contribution in [2.45, 2.75) is 13.0 Å². The molecule has 0 aromatic heterocycles. The van der Waals surface area contributed by atoms with Crippen LogP contribution in [0.2, 0.25) is 0 Å². The van der Waals surface area contributed by atoms with Crippen LogP contribution in [0.15, 0.2) is 42.5 Å². The summed E-state index contributed by atoms with van der Waals surface area (Å²) in [4.78, 5) is 14.0. The van der Waals surface area contributed by atoms with Gasteiger partial charge in [-0.25, -0.2) is 4.79 Å². The van der Waals surface area contributed by atoms with E-state index in [0.717, 1.165) is 29.2 Å². The van der Waals surface area contributed by atoms with Crippen LogP contribution in [0.25, 0.3) is 0 Å². The second kappa shape index (κ2) is 7.79. The number of anilines is 1. The van der Waals surface area contributed by atoms with Gasteiger partial charge >= 0.3 is 6.03 Å². The molecule has 2 amide bonds. The fourth-order valence-electron chi connectivity index (χ4n) is 2.58. The Morgan fingerprint density at radius 1 is 1.00 bits per heavy atom. The van der Waals surface area contributed by atoms with Gasteiger partial charge < -0.3 is 25.0 Å². The van der Waals surface area contributed by atoms with E-state index < -0.39 is 0 Å². The lowest BCUT2D eigenvalue weighted by molar-refractivity contribution is 0.174. The summed E-state index contributed by atoms with van der Waals surface area (Å²) in [6, 6.07) is 13.8. The smallest absolute Gasteiger partial charge is 0.315 e. The molecule has 0 spiro atoms. The van der Waals surface area contributed by atoms with E-state index in [4.69, 9.17) is 9.47 Å². The third-order valence-electron chi connectivity index (χ3n) is 4.04. The van der Waals surface area contributed by atoms with Crippen LogP contribution < -0.4 is 25.0 Å². The van der Waals surface area contributed by atoms with Gasteiger partial charge in [0.2, 0.25) is 6.79 Å². The number of fused-ring (bicyclic) bond motifs is 1. The highest BCUT2D eigenvalue weighted by Crippen LogP contribution is 2.32. The summed E-state index contributed by atoms with van der Waals surface area (Å²) in [7, 11) is 4.03. The van der Waals surface area contributed by atoms with Gasteiger partial charge in [0.25, 0.3) is 0 Å². The van der Waals surface area contributed by atoms with E-state index in [1.165, 1.54) is 5.56 Å². The molecule has 0 saturated heterocycles. The average molecular weight is 341 g/mol. The molecule has 0 saturated carbocycles. The van der Waals surface area contributed by atoms with Gasteiger partial charge in [-0.1, -0.05) is 18.2 Å². The maximum absolute atomic E-state index is 11.9. The minimum absolute atomic E-state index is 0.178. The number of nitrogens with zero attached hydrogens (tertiary/aromatic N) is 1. The maximum Gasteiger partial charge on any atom is 0.315 e. The Hall–Kier alpha value is -2.89. The summed E-state index contributed by atoms with van der Waals surface area (Å²) < 4.78 is 10.6. The number of benzene rings is 2. The molecule has 0 aliphatic carbocycles. The van der Waals surface area contributed by atoms with Crippen LogP contribution in [0.5, 0.6) is 11.5 Å². The van der Waals surface area contributed by atoms with Crippen molar-refractivity contribution in [3.8, 4) is 11.5 Å². The van der Waals surface area contributed by atoms with Crippen molar-refractivity contribution < 1.29 is 14.3 Å². The molecule has 25 heavy (non-hydrogen) atoms. The largest absolute Gasteiger partial charge is 0.454 e. The van der Waals surface area contributed by atoms with Gasteiger partial charge in [0.1, 0.15) is 0 Å².